The van der Waals surface area contributed by atoms with Crippen LogP contribution in [0, 0.1) is 0 Å². The number of hydrogen-bond donors (Lipinski definition) is 1. The highest BCUT2D eigenvalue weighted by Gasteiger charge is 2.34. The van der Waals surface area contributed by atoms with Gasteiger partial charge in [-0.3, -0.25) is 4.79 Å². The zero-order chi connectivity index (χ0) is 12.6. The quantitative estimate of drug-likeness (QED) is 0.865. The molecule has 1 aliphatic rings. The van der Waals surface area contributed by atoms with E-state index >= 15 is 0 Å². The Bertz CT molecular complexity index is 462. The molecule has 1 aliphatic heterocycles. The molecule has 92 valence electrons. The Morgan fingerprint density at radius 2 is 2.29 bits per heavy atom. The number of β-amino-alcohol motifs (C(OH)–C–C–N with tert-alkyl or cyclic N) is 1. The average Bonchev–Trinajstić information content (AvgIpc) is 2.62. The highest BCUT2D eigenvalue weighted by Crippen LogP contribution is 2.26. The van der Waals surface area contributed by atoms with Crippen LogP contribution in [0.3, 0.4) is 0 Å². The van der Waals surface area contributed by atoms with E-state index in [0.717, 1.165) is 4.47 Å². The summed E-state index contributed by atoms with van der Waals surface area (Å²) in [5, 5.41) is 10.3. The Balaban J connectivity index is 2.18. The average molecular weight is 319 g/mol. The van der Waals surface area contributed by atoms with Gasteiger partial charge < -0.3 is 10.0 Å². The molecule has 0 spiro atoms. The summed E-state index contributed by atoms with van der Waals surface area (Å²) in [6.07, 6.45) is 0.614. The van der Waals surface area contributed by atoms with Crippen LogP contribution in [0.25, 0.3) is 0 Å². The molecule has 1 amide bonds. The first kappa shape index (κ1) is 12.9. The topological polar surface area (TPSA) is 40.5 Å². The number of aliphatic hydroxyl groups is 1. The van der Waals surface area contributed by atoms with Gasteiger partial charge in [-0.05, 0) is 47.5 Å². The number of carbonyl (C=O) groups is 1. The molecule has 1 aromatic carbocycles. The summed E-state index contributed by atoms with van der Waals surface area (Å²) in [4.78, 5) is 13.8. The van der Waals surface area contributed by atoms with Crippen molar-refractivity contribution in [1.82, 2.24) is 4.90 Å². The molecule has 17 heavy (non-hydrogen) atoms. The summed E-state index contributed by atoms with van der Waals surface area (Å²) >= 11 is 9.24. The zero-order valence-corrected chi connectivity index (χ0v) is 11.8. The van der Waals surface area contributed by atoms with Crippen molar-refractivity contribution in [2.45, 2.75) is 18.9 Å². The van der Waals surface area contributed by atoms with Gasteiger partial charge in [-0.2, -0.15) is 0 Å². The highest BCUT2D eigenvalue weighted by atomic mass is 79.9. The van der Waals surface area contributed by atoms with E-state index in [1.165, 1.54) is 0 Å². The van der Waals surface area contributed by atoms with Gasteiger partial charge in [-0.1, -0.05) is 11.6 Å². The van der Waals surface area contributed by atoms with E-state index in [-0.39, 0.29) is 5.91 Å². The zero-order valence-electron chi connectivity index (χ0n) is 9.41. The fraction of sp³-hybridized carbons (Fsp3) is 0.417. The molecule has 1 atom stereocenters. The van der Waals surface area contributed by atoms with Crippen LogP contribution in [0.5, 0.6) is 0 Å². The third kappa shape index (κ3) is 2.81. The number of halogens is 2. The molecule has 0 radical (unpaired) electrons. The maximum absolute atomic E-state index is 12.1. The number of nitrogens with zero attached hydrogens (tertiary/aromatic N) is 1. The summed E-state index contributed by atoms with van der Waals surface area (Å²) in [6.45, 7) is 2.70. The second kappa shape index (κ2) is 4.59. The van der Waals surface area contributed by atoms with Crippen LogP contribution in [0.2, 0.25) is 5.02 Å². The van der Waals surface area contributed by atoms with Gasteiger partial charge in [0.25, 0.3) is 5.91 Å². The SMILES string of the molecule is CC1(O)CCN(C(=O)c2ccc(Br)c(Cl)c2)C1. The van der Waals surface area contributed by atoms with E-state index in [1.807, 2.05) is 0 Å². The van der Waals surface area contributed by atoms with Crippen LogP contribution in [0.1, 0.15) is 23.7 Å². The summed E-state index contributed by atoms with van der Waals surface area (Å²) in [7, 11) is 0. The van der Waals surface area contributed by atoms with Crippen molar-refractivity contribution in [3.63, 3.8) is 0 Å². The van der Waals surface area contributed by atoms with E-state index in [4.69, 9.17) is 11.6 Å². The molecule has 1 saturated heterocycles. The van der Waals surface area contributed by atoms with Crippen molar-refractivity contribution >= 4 is 33.4 Å². The van der Waals surface area contributed by atoms with E-state index in [2.05, 4.69) is 15.9 Å². The van der Waals surface area contributed by atoms with E-state index in [0.29, 0.717) is 30.1 Å². The minimum Gasteiger partial charge on any atom is -0.388 e. The highest BCUT2D eigenvalue weighted by molar-refractivity contribution is 9.10. The molecular formula is C12H13BrClNO2. The van der Waals surface area contributed by atoms with Gasteiger partial charge in [-0.15, -0.1) is 0 Å². The molecule has 5 heteroatoms. The summed E-state index contributed by atoms with van der Waals surface area (Å²) < 4.78 is 0.768. The lowest BCUT2D eigenvalue weighted by molar-refractivity contribution is 0.0572. The molecule has 0 saturated carbocycles. The van der Waals surface area contributed by atoms with E-state index in [1.54, 1.807) is 30.0 Å². The molecule has 2 rings (SSSR count). The first-order valence-corrected chi connectivity index (χ1v) is 6.53. The van der Waals surface area contributed by atoms with Gasteiger partial charge in [0, 0.05) is 23.1 Å². The lowest BCUT2D eigenvalue weighted by Crippen LogP contribution is -2.33. The summed E-state index contributed by atoms with van der Waals surface area (Å²) in [6, 6.07) is 5.12. The van der Waals surface area contributed by atoms with Crippen molar-refractivity contribution in [2.75, 3.05) is 13.1 Å². The largest absolute Gasteiger partial charge is 0.388 e. The van der Waals surface area contributed by atoms with Crippen LogP contribution in [0.15, 0.2) is 22.7 Å². The molecule has 1 aromatic rings. The maximum Gasteiger partial charge on any atom is 0.254 e. The van der Waals surface area contributed by atoms with Gasteiger partial charge in [0.1, 0.15) is 0 Å². The Morgan fingerprint density at radius 1 is 1.59 bits per heavy atom. The summed E-state index contributed by atoms with van der Waals surface area (Å²) in [5.41, 5.74) is -0.217. The fourth-order valence-corrected chi connectivity index (χ4v) is 2.36. The number of carbonyl (C=O) groups excluding carboxylic acids is 1. The smallest absolute Gasteiger partial charge is 0.254 e. The van der Waals surface area contributed by atoms with Crippen molar-refractivity contribution in [1.29, 1.82) is 0 Å². The van der Waals surface area contributed by atoms with Crippen molar-refractivity contribution in [3.05, 3.63) is 33.3 Å². The predicted octanol–water partition coefficient (Wildman–Crippen LogP) is 2.70. The van der Waals surface area contributed by atoms with Gasteiger partial charge in [-0.25, -0.2) is 0 Å². The molecule has 1 unspecified atom stereocenters. The second-order valence-corrected chi connectivity index (χ2v) is 5.86. The number of likely N-dealkylation sites (tertiary alicyclic amines) is 1. The molecule has 1 N–H and O–H groups in total. The van der Waals surface area contributed by atoms with Gasteiger partial charge >= 0.3 is 0 Å². The number of benzene rings is 1. The summed E-state index contributed by atoms with van der Waals surface area (Å²) in [5.74, 6) is -0.0859. The Morgan fingerprint density at radius 3 is 2.82 bits per heavy atom. The normalized spacial score (nSPS) is 24.1. The minimum atomic E-state index is -0.769. The minimum absolute atomic E-state index is 0.0859. The molecule has 1 heterocycles. The van der Waals surface area contributed by atoms with Crippen LogP contribution < -0.4 is 0 Å². The standard InChI is InChI=1S/C12H13BrClNO2/c1-12(17)4-5-15(7-12)11(16)8-2-3-9(13)10(14)6-8/h2-3,6,17H,4-5,7H2,1H3. The van der Waals surface area contributed by atoms with Gasteiger partial charge in [0.15, 0.2) is 0 Å². The third-order valence-electron chi connectivity index (χ3n) is 2.91. The monoisotopic (exact) mass is 317 g/mol. The second-order valence-electron chi connectivity index (χ2n) is 4.60. The number of rotatable bonds is 1. The van der Waals surface area contributed by atoms with Gasteiger partial charge in [0.2, 0.25) is 0 Å². The van der Waals surface area contributed by atoms with Crippen molar-refractivity contribution in [3.8, 4) is 0 Å². The molecular weight excluding hydrogens is 305 g/mol. The molecule has 3 nitrogen and oxygen atoms in total. The van der Waals surface area contributed by atoms with Crippen molar-refractivity contribution in [2.24, 2.45) is 0 Å². The first-order chi connectivity index (χ1) is 7.89. The van der Waals surface area contributed by atoms with Crippen LogP contribution in [0.4, 0.5) is 0 Å². The first-order valence-electron chi connectivity index (χ1n) is 5.36. The predicted molar refractivity (Wildman–Crippen MR) is 70.3 cm³/mol. The maximum atomic E-state index is 12.1. The van der Waals surface area contributed by atoms with Crippen LogP contribution in [-0.4, -0.2) is 34.6 Å². The number of hydrogen-bond acceptors (Lipinski definition) is 2. The molecule has 0 bridgehead atoms. The van der Waals surface area contributed by atoms with E-state index in [9.17, 15) is 9.90 Å². The van der Waals surface area contributed by atoms with E-state index < -0.39 is 5.60 Å². The fourth-order valence-electron chi connectivity index (χ4n) is 1.93. The third-order valence-corrected chi connectivity index (χ3v) is 4.14. The molecule has 1 fully saturated rings. The lowest BCUT2D eigenvalue weighted by atomic mass is 10.1. The Kier molecular flexibility index (Phi) is 3.48. The molecule has 0 aliphatic carbocycles. The van der Waals surface area contributed by atoms with Gasteiger partial charge in [0.05, 0.1) is 10.6 Å². The number of amides is 1. The lowest BCUT2D eigenvalue weighted by Gasteiger charge is -2.19. The Labute approximate surface area is 114 Å². The van der Waals surface area contributed by atoms with Crippen LogP contribution in [-0.2, 0) is 0 Å². The Hall–Kier alpha value is -0.580. The molecule has 0 aromatic heterocycles. The van der Waals surface area contributed by atoms with Crippen LogP contribution >= 0.6 is 27.5 Å². The van der Waals surface area contributed by atoms with Crippen molar-refractivity contribution < 1.29 is 9.90 Å².